The van der Waals surface area contributed by atoms with Gasteiger partial charge in [-0.2, -0.15) is 0 Å². The van der Waals surface area contributed by atoms with Gasteiger partial charge in [0.1, 0.15) is 17.1 Å². The largest absolute Gasteiger partial charge is 0.276 e. The summed E-state index contributed by atoms with van der Waals surface area (Å²) in [5.41, 5.74) is 8.79. The van der Waals surface area contributed by atoms with E-state index in [1.807, 2.05) is 12.1 Å². The summed E-state index contributed by atoms with van der Waals surface area (Å²) < 4.78 is 8.89. The van der Waals surface area contributed by atoms with Crippen molar-refractivity contribution in [2.45, 2.75) is 0 Å². The minimum absolute atomic E-state index is 0.725. The van der Waals surface area contributed by atoms with E-state index in [1.165, 1.54) is 15.6 Å². The Morgan fingerprint density at radius 1 is 0.316 bits per heavy atom. The lowest BCUT2D eigenvalue weighted by atomic mass is 10.3. The van der Waals surface area contributed by atoms with Gasteiger partial charge >= 0.3 is 0 Å². The quantitative estimate of drug-likeness (QED) is 0.132. The van der Waals surface area contributed by atoms with E-state index in [0.29, 0.717) is 0 Å². The molecule has 0 atom stereocenters. The van der Waals surface area contributed by atoms with Crippen LogP contribution in [0, 0.1) is 0 Å². The summed E-state index contributed by atoms with van der Waals surface area (Å²) in [6.45, 7) is 0. The second-order valence-electron chi connectivity index (χ2n) is 14.4. The van der Waals surface area contributed by atoms with Gasteiger partial charge in [0.25, 0.3) is 0 Å². The first-order valence-electron chi connectivity index (χ1n) is 19.1. The number of aromatic nitrogens is 8. The fraction of sp³-hybridized carbons (Fsp3) is 0. The monoisotopic (exact) mass is 748 g/mol. The number of para-hydroxylation sites is 8. The van der Waals surface area contributed by atoms with Gasteiger partial charge in [-0.15, -0.1) is 0 Å². The van der Waals surface area contributed by atoms with Crippen LogP contribution >= 0.6 is 0 Å². The highest BCUT2D eigenvalue weighted by molar-refractivity contribution is 7.19. The van der Waals surface area contributed by atoms with Crippen LogP contribution in [0.25, 0.3) is 67.3 Å². The maximum absolute atomic E-state index is 5.78. The number of hydrogen-bond donors (Lipinski definition) is 0. The molecule has 0 unspecified atom stereocenters. The zero-order valence-corrected chi connectivity index (χ0v) is 31.6. The molecule has 0 radical (unpaired) electrons. The summed E-state index contributed by atoms with van der Waals surface area (Å²) in [7, 11) is -3.22. The summed E-state index contributed by atoms with van der Waals surface area (Å²) in [6.07, 6.45) is 0. The smallest absolute Gasteiger partial charge is 0.226 e. The van der Waals surface area contributed by atoms with Crippen molar-refractivity contribution >= 4 is 84.8 Å². The first kappa shape index (κ1) is 31.7. The molecule has 9 heteroatoms. The third kappa shape index (κ3) is 4.48. The van der Waals surface area contributed by atoms with Gasteiger partial charge < -0.3 is 0 Å². The average Bonchev–Trinajstić information content (AvgIpc) is 4.01. The van der Waals surface area contributed by atoms with Crippen LogP contribution in [0.3, 0.4) is 0 Å². The van der Waals surface area contributed by atoms with Gasteiger partial charge in [0.05, 0.1) is 44.1 Å². The van der Waals surface area contributed by atoms with Crippen LogP contribution in [-0.4, -0.2) is 45.9 Å². The number of hydrogen-bond acceptors (Lipinski definition) is 4. The van der Waals surface area contributed by atoms with Crippen LogP contribution in [0.1, 0.15) is 0 Å². The fourth-order valence-electron chi connectivity index (χ4n) is 8.92. The SMILES string of the molecule is c1ccc([Si](c2ccccc2)(c2ccccc2)c2nc(-n3c4ccccc4n4c5ccccc5nc34)cc(-n3c4ccccc4n4c5ccccc5nc34)n2)cc1. The first-order valence-corrected chi connectivity index (χ1v) is 21.1. The van der Waals surface area contributed by atoms with Crippen molar-refractivity contribution in [2.75, 3.05) is 0 Å². The molecule has 5 heterocycles. The van der Waals surface area contributed by atoms with Crippen LogP contribution in [0.5, 0.6) is 0 Å². The molecule has 0 N–H and O–H groups in total. The highest BCUT2D eigenvalue weighted by atomic mass is 28.3. The number of nitrogens with zero attached hydrogens (tertiary/aromatic N) is 8. The molecule has 12 aromatic rings. The van der Waals surface area contributed by atoms with Crippen molar-refractivity contribution in [1.29, 1.82) is 0 Å². The minimum Gasteiger partial charge on any atom is -0.276 e. The first-order chi connectivity index (χ1) is 28.3. The molecular formula is C48H32N8Si. The summed E-state index contributed by atoms with van der Waals surface area (Å²) in [6, 6.07) is 68.2. The molecule has 0 amide bonds. The van der Waals surface area contributed by atoms with E-state index in [0.717, 1.165) is 72.8 Å². The molecule has 0 bridgehead atoms. The topological polar surface area (TPSA) is 70.2 Å². The van der Waals surface area contributed by atoms with Gasteiger partial charge in [-0.3, -0.25) is 17.9 Å². The lowest BCUT2D eigenvalue weighted by molar-refractivity contribution is 0.982. The molecular weight excluding hydrogens is 717 g/mol. The molecule has 0 aliphatic rings. The molecule has 0 aliphatic carbocycles. The zero-order valence-electron chi connectivity index (χ0n) is 30.6. The highest BCUT2D eigenvalue weighted by Crippen LogP contribution is 2.32. The Morgan fingerprint density at radius 2 is 0.649 bits per heavy atom. The maximum Gasteiger partial charge on any atom is 0.226 e. The second kappa shape index (κ2) is 12.2. The molecule has 57 heavy (non-hydrogen) atoms. The predicted molar refractivity (Wildman–Crippen MR) is 232 cm³/mol. The number of fused-ring (bicyclic) bond motifs is 10. The zero-order chi connectivity index (χ0) is 37.5. The van der Waals surface area contributed by atoms with Gasteiger partial charge in [-0.1, -0.05) is 140 Å². The molecule has 7 aromatic carbocycles. The van der Waals surface area contributed by atoms with Crippen molar-refractivity contribution in [3.8, 4) is 11.6 Å². The minimum atomic E-state index is -3.22. The predicted octanol–water partition coefficient (Wildman–Crippen LogP) is 7.34. The summed E-state index contributed by atoms with van der Waals surface area (Å²) in [4.78, 5) is 22.1. The van der Waals surface area contributed by atoms with Crippen LogP contribution < -0.4 is 21.0 Å². The molecule has 0 fully saturated rings. The summed E-state index contributed by atoms with van der Waals surface area (Å²) in [5, 5.41) is 3.57. The number of rotatable bonds is 6. The molecule has 12 rings (SSSR count). The normalized spacial score (nSPS) is 12.2. The van der Waals surface area contributed by atoms with Crippen molar-refractivity contribution in [3.05, 3.63) is 194 Å². The lowest BCUT2D eigenvalue weighted by Crippen LogP contribution is -2.76. The van der Waals surface area contributed by atoms with Gasteiger partial charge in [-0.05, 0) is 64.1 Å². The van der Waals surface area contributed by atoms with Gasteiger partial charge in [-0.25, -0.2) is 19.9 Å². The van der Waals surface area contributed by atoms with E-state index >= 15 is 0 Å². The summed E-state index contributed by atoms with van der Waals surface area (Å²) >= 11 is 0. The maximum atomic E-state index is 5.78. The van der Waals surface area contributed by atoms with E-state index in [-0.39, 0.29) is 0 Å². The van der Waals surface area contributed by atoms with Gasteiger partial charge in [0.15, 0.2) is 0 Å². The standard InChI is InChI=1S/C48H32N8Si/c1-4-18-33(19-5-1)57(34-20-6-2-7-21-34,35-22-8-3-9-23-35)46-51-44(55-42-30-16-14-28-40(42)53-38-26-12-10-24-36(38)49-47(53)55)32-45(52-46)56-43-31-17-15-29-41(43)54-39-27-13-11-25-37(39)50-48(54)56/h1-32H. The van der Waals surface area contributed by atoms with Crippen molar-refractivity contribution in [2.24, 2.45) is 0 Å². The van der Waals surface area contributed by atoms with Gasteiger partial charge in [0.2, 0.25) is 19.6 Å². The lowest BCUT2D eigenvalue weighted by Gasteiger charge is -2.32. The molecule has 268 valence electrons. The van der Waals surface area contributed by atoms with E-state index in [4.69, 9.17) is 19.9 Å². The van der Waals surface area contributed by atoms with Crippen molar-refractivity contribution < 1.29 is 0 Å². The van der Waals surface area contributed by atoms with Crippen molar-refractivity contribution in [3.63, 3.8) is 0 Å². The Labute approximate surface area is 327 Å². The van der Waals surface area contributed by atoms with E-state index in [2.05, 4.69) is 200 Å². The van der Waals surface area contributed by atoms with Crippen LogP contribution in [0.4, 0.5) is 0 Å². The van der Waals surface area contributed by atoms with Crippen molar-refractivity contribution in [1.82, 2.24) is 37.9 Å². The molecule has 5 aromatic heterocycles. The second-order valence-corrected chi connectivity index (χ2v) is 18.1. The van der Waals surface area contributed by atoms with Gasteiger partial charge in [0, 0.05) is 6.07 Å². The Balaban J connectivity index is 1.29. The Kier molecular flexibility index (Phi) is 6.78. The average molecular weight is 749 g/mol. The molecule has 0 spiro atoms. The molecule has 0 saturated heterocycles. The van der Waals surface area contributed by atoms with E-state index in [1.54, 1.807) is 0 Å². The Hall–Kier alpha value is -7.62. The molecule has 8 nitrogen and oxygen atoms in total. The van der Waals surface area contributed by atoms with E-state index < -0.39 is 8.07 Å². The third-order valence-corrected chi connectivity index (χ3v) is 15.8. The van der Waals surface area contributed by atoms with Crippen LogP contribution in [-0.2, 0) is 0 Å². The Bertz CT molecular complexity index is 3210. The summed E-state index contributed by atoms with van der Waals surface area (Å²) in [5.74, 6) is 3.02. The van der Waals surface area contributed by atoms with Crippen LogP contribution in [0.15, 0.2) is 194 Å². The molecule has 0 saturated carbocycles. The number of imidazole rings is 4. The third-order valence-electron chi connectivity index (χ3n) is 11.3. The number of benzene rings is 7. The fourth-order valence-corrected chi connectivity index (χ4v) is 13.3. The highest BCUT2D eigenvalue weighted by Gasteiger charge is 2.45. The van der Waals surface area contributed by atoms with Crippen LogP contribution in [0.2, 0.25) is 0 Å². The Morgan fingerprint density at radius 3 is 1.05 bits per heavy atom. The van der Waals surface area contributed by atoms with E-state index in [9.17, 15) is 0 Å². The molecule has 0 aliphatic heterocycles.